The highest BCUT2D eigenvalue weighted by Crippen LogP contribution is 2.45. The van der Waals surface area contributed by atoms with Crippen molar-refractivity contribution in [3.8, 4) is 0 Å². The molecule has 0 saturated heterocycles. The molecular formula is C30H46S2. The molecule has 2 aromatic rings. The molecule has 0 aliphatic heterocycles. The van der Waals surface area contributed by atoms with Crippen molar-refractivity contribution in [3.63, 3.8) is 0 Å². The zero-order chi connectivity index (χ0) is 24.7. The molecule has 0 spiro atoms. The first kappa shape index (κ1) is 27.4. The number of fused-ring (bicyclic) bond motifs is 1. The molecule has 0 aromatic heterocycles. The molecule has 2 heteroatoms. The van der Waals surface area contributed by atoms with Crippen LogP contribution in [0.25, 0.3) is 0 Å². The summed E-state index contributed by atoms with van der Waals surface area (Å²) in [6.45, 7) is 29.5. The van der Waals surface area contributed by atoms with Crippen LogP contribution in [0.5, 0.6) is 0 Å². The number of rotatable bonds is 2. The van der Waals surface area contributed by atoms with E-state index in [0.29, 0.717) is 10.2 Å². The lowest BCUT2D eigenvalue weighted by Crippen LogP contribution is -2.32. The molecule has 0 bridgehead atoms. The first-order valence-corrected chi connectivity index (χ1v) is 13.5. The summed E-state index contributed by atoms with van der Waals surface area (Å²) >= 11 is 3.93. The first-order valence-electron chi connectivity index (χ1n) is 11.9. The quantitative estimate of drug-likeness (QED) is 0.400. The monoisotopic (exact) mass is 470 g/mol. The molecule has 0 unspecified atom stereocenters. The Balaban J connectivity index is 0.000000227. The molecule has 3 rings (SSSR count). The molecule has 2 aromatic carbocycles. The summed E-state index contributed by atoms with van der Waals surface area (Å²) in [7, 11) is 0. The van der Waals surface area contributed by atoms with Crippen LogP contribution < -0.4 is 0 Å². The number of hydrogen-bond donors (Lipinski definition) is 0. The Bertz CT molecular complexity index is 941. The van der Waals surface area contributed by atoms with E-state index in [1.807, 2.05) is 23.5 Å². The molecule has 1 aliphatic rings. The maximum absolute atomic E-state index is 2.41. The SMILES string of the molecule is Cc1cc(C(C)(C)C)ccc1SC(C)(C)C.Cc1cc2c(cc1SC(C)(C)C)CC2(C)C. The van der Waals surface area contributed by atoms with E-state index in [0.717, 1.165) is 0 Å². The summed E-state index contributed by atoms with van der Waals surface area (Å²) in [5.41, 5.74) is 8.02. The lowest BCUT2D eigenvalue weighted by atomic mass is 9.66. The van der Waals surface area contributed by atoms with Crippen molar-refractivity contribution in [2.24, 2.45) is 0 Å². The van der Waals surface area contributed by atoms with Gasteiger partial charge < -0.3 is 0 Å². The molecule has 0 fully saturated rings. The normalized spacial score (nSPS) is 15.4. The van der Waals surface area contributed by atoms with Crippen LogP contribution >= 0.6 is 23.5 Å². The summed E-state index contributed by atoms with van der Waals surface area (Å²) < 4.78 is 0.590. The maximum Gasteiger partial charge on any atom is 0.0122 e. The molecule has 0 N–H and O–H groups in total. The first-order chi connectivity index (χ1) is 14.3. The van der Waals surface area contributed by atoms with Crippen LogP contribution in [0.4, 0.5) is 0 Å². The molecule has 0 atom stereocenters. The van der Waals surface area contributed by atoms with Crippen LogP contribution in [0, 0.1) is 13.8 Å². The molecule has 1 aliphatic carbocycles. The Morgan fingerprint density at radius 3 is 1.62 bits per heavy atom. The van der Waals surface area contributed by atoms with E-state index in [2.05, 4.69) is 120 Å². The van der Waals surface area contributed by atoms with Crippen molar-refractivity contribution in [2.45, 2.75) is 127 Å². The van der Waals surface area contributed by atoms with Crippen LogP contribution in [0.1, 0.15) is 104 Å². The molecule has 0 radical (unpaired) electrons. The predicted molar refractivity (Wildman–Crippen MR) is 149 cm³/mol. The third-order valence-electron chi connectivity index (χ3n) is 5.64. The average Bonchev–Trinajstić information content (AvgIpc) is 2.56. The molecular weight excluding hydrogens is 424 g/mol. The van der Waals surface area contributed by atoms with Crippen LogP contribution in [-0.4, -0.2) is 9.49 Å². The summed E-state index contributed by atoms with van der Waals surface area (Å²) in [5.74, 6) is 0. The maximum atomic E-state index is 2.41. The molecule has 0 amide bonds. The molecule has 178 valence electrons. The van der Waals surface area contributed by atoms with Gasteiger partial charge in [-0.15, -0.1) is 23.5 Å². The highest BCUT2D eigenvalue weighted by molar-refractivity contribution is 8.00. The van der Waals surface area contributed by atoms with Gasteiger partial charge in [-0.2, -0.15) is 0 Å². The van der Waals surface area contributed by atoms with Crippen molar-refractivity contribution in [1.29, 1.82) is 0 Å². The number of aryl methyl sites for hydroxylation is 2. The van der Waals surface area contributed by atoms with Crippen LogP contribution in [0.3, 0.4) is 0 Å². The third-order valence-corrected chi connectivity index (χ3v) is 8.20. The van der Waals surface area contributed by atoms with E-state index in [1.54, 1.807) is 11.1 Å². The number of benzene rings is 2. The average molecular weight is 471 g/mol. The summed E-state index contributed by atoms with van der Waals surface area (Å²) in [6.07, 6.45) is 1.24. The van der Waals surface area contributed by atoms with E-state index in [9.17, 15) is 0 Å². The minimum Gasteiger partial charge on any atom is -0.120 e. The van der Waals surface area contributed by atoms with Gasteiger partial charge in [0.1, 0.15) is 0 Å². The topological polar surface area (TPSA) is 0 Å². The Hall–Kier alpha value is -0.860. The molecule has 0 heterocycles. The van der Waals surface area contributed by atoms with E-state index >= 15 is 0 Å². The molecule has 0 nitrogen and oxygen atoms in total. The van der Waals surface area contributed by atoms with E-state index in [4.69, 9.17) is 0 Å². The summed E-state index contributed by atoms with van der Waals surface area (Å²) in [5, 5.41) is 0. The molecule has 0 saturated carbocycles. The van der Waals surface area contributed by atoms with Crippen molar-refractivity contribution in [1.82, 2.24) is 0 Å². The number of thioether (sulfide) groups is 2. The van der Waals surface area contributed by atoms with E-state index in [1.165, 1.54) is 32.9 Å². The highest BCUT2D eigenvalue weighted by Gasteiger charge is 2.34. The Morgan fingerprint density at radius 2 is 1.19 bits per heavy atom. The summed E-state index contributed by atoms with van der Waals surface area (Å²) in [4.78, 5) is 2.86. The zero-order valence-corrected chi connectivity index (χ0v) is 24.5. The van der Waals surface area contributed by atoms with Gasteiger partial charge in [-0.05, 0) is 71.0 Å². The van der Waals surface area contributed by atoms with Gasteiger partial charge in [0.05, 0.1) is 0 Å². The van der Waals surface area contributed by atoms with Gasteiger partial charge >= 0.3 is 0 Å². The Morgan fingerprint density at radius 1 is 0.688 bits per heavy atom. The van der Waals surface area contributed by atoms with Crippen LogP contribution in [0.15, 0.2) is 40.1 Å². The van der Waals surface area contributed by atoms with Gasteiger partial charge in [0.25, 0.3) is 0 Å². The van der Waals surface area contributed by atoms with Crippen LogP contribution in [-0.2, 0) is 17.3 Å². The lowest BCUT2D eigenvalue weighted by molar-refractivity contribution is 0.453. The van der Waals surface area contributed by atoms with Gasteiger partial charge in [0, 0.05) is 19.3 Å². The zero-order valence-electron chi connectivity index (χ0n) is 22.9. The fourth-order valence-corrected chi connectivity index (χ4v) is 6.07. The van der Waals surface area contributed by atoms with Gasteiger partial charge in [0.15, 0.2) is 0 Å². The van der Waals surface area contributed by atoms with Gasteiger partial charge in [-0.1, -0.05) is 94.4 Å². The van der Waals surface area contributed by atoms with Gasteiger partial charge in [-0.25, -0.2) is 0 Å². The minimum absolute atomic E-state index is 0.246. The number of hydrogen-bond acceptors (Lipinski definition) is 2. The molecule has 32 heavy (non-hydrogen) atoms. The third kappa shape index (κ3) is 7.59. The standard InChI is InChI=1S/C15H22S.C15H24S/c1-10-7-12-11(9-15(12,5)6)8-13(10)16-14(2,3)4;1-11-10-12(14(2,3)4)8-9-13(11)16-15(5,6)7/h7-8H,9H2,1-6H3;8-10H,1-7H3. The van der Waals surface area contributed by atoms with E-state index < -0.39 is 0 Å². The Labute approximate surface area is 207 Å². The second-order valence-electron chi connectivity index (χ2n) is 13.0. The van der Waals surface area contributed by atoms with Gasteiger partial charge in [-0.3, -0.25) is 0 Å². The smallest absolute Gasteiger partial charge is 0.0122 e. The summed E-state index contributed by atoms with van der Waals surface area (Å²) in [6, 6.07) is 11.7. The van der Waals surface area contributed by atoms with Crippen molar-refractivity contribution in [3.05, 3.63) is 58.1 Å². The van der Waals surface area contributed by atoms with Crippen molar-refractivity contribution < 1.29 is 0 Å². The van der Waals surface area contributed by atoms with E-state index in [-0.39, 0.29) is 10.2 Å². The minimum atomic E-state index is 0.246. The van der Waals surface area contributed by atoms with Crippen molar-refractivity contribution >= 4 is 23.5 Å². The van der Waals surface area contributed by atoms with Crippen molar-refractivity contribution in [2.75, 3.05) is 0 Å². The second kappa shape index (κ2) is 9.41. The fraction of sp³-hybridized carbons (Fsp3) is 0.600. The van der Waals surface area contributed by atoms with Gasteiger partial charge in [0.2, 0.25) is 0 Å². The Kier molecular flexibility index (Phi) is 8.06. The second-order valence-corrected chi connectivity index (χ2v) is 16.7. The highest BCUT2D eigenvalue weighted by atomic mass is 32.2. The lowest BCUT2D eigenvalue weighted by Gasteiger charge is -2.39. The van der Waals surface area contributed by atoms with Crippen LogP contribution in [0.2, 0.25) is 0 Å². The largest absolute Gasteiger partial charge is 0.120 e. The fourth-order valence-electron chi connectivity index (χ4n) is 3.97. The predicted octanol–water partition coefficient (Wildman–Crippen LogP) is 9.90.